The maximum atomic E-state index is 13.5. The van der Waals surface area contributed by atoms with E-state index in [0.717, 1.165) is 6.54 Å². The van der Waals surface area contributed by atoms with Gasteiger partial charge in [0.2, 0.25) is 5.91 Å². The molecule has 1 saturated heterocycles. The van der Waals surface area contributed by atoms with Crippen LogP contribution in [0.2, 0.25) is 0 Å². The largest absolute Gasteiger partial charge is 0.478 e. The smallest absolute Gasteiger partial charge is 0.338 e. The highest BCUT2D eigenvalue weighted by Crippen LogP contribution is 2.13. The third-order valence-corrected chi connectivity index (χ3v) is 3.21. The van der Waals surface area contributed by atoms with E-state index in [-0.39, 0.29) is 11.5 Å². The molecule has 1 aromatic rings. The zero-order valence-corrected chi connectivity index (χ0v) is 10.6. The van der Waals surface area contributed by atoms with E-state index in [0.29, 0.717) is 25.2 Å². The lowest BCUT2D eigenvalue weighted by Gasteiger charge is -2.31. The van der Waals surface area contributed by atoms with E-state index in [1.807, 2.05) is 4.90 Å². The minimum absolute atomic E-state index is 0.0360. The Morgan fingerprint density at radius 1 is 1.42 bits per heavy atom. The number of aromatic carboxylic acids is 1. The summed E-state index contributed by atoms with van der Waals surface area (Å²) in [4.78, 5) is 25.8. The molecule has 0 radical (unpaired) electrons. The molecule has 0 atom stereocenters. The van der Waals surface area contributed by atoms with Gasteiger partial charge in [-0.25, -0.2) is 9.18 Å². The molecule has 1 fully saturated rings. The SMILES string of the molecule is CN1CCN(Cc2ccc(C(=O)O)c(F)c2)CC1=O. The molecule has 0 spiro atoms. The molecule has 6 heteroatoms. The number of hydrogen-bond donors (Lipinski definition) is 1. The van der Waals surface area contributed by atoms with Gasteiger partial charge in [0.15, 0.2) is 0 Å². The molecule has 0 saturated carbocycles. The van der Waals surface area contributed by atoms with Gasteiger partial charge in [-0.2, -0.15) is 0 Å². The first-order valence-corrected chi connectivity index (χ1v) is 5.95. The van der Waals surface area contributed by atoms with Crippen LogP contribution < -0.4 is 0 Å². The molecule has 1 aliphatic rings. The van der Waals surface area contributed by atoms with Gasteiger partial charge in [-0.3, -0.25) is 9.69 Å². The Balaban J connectivity index is 2.06. The van der Waals surface area contributed by atoms with E-state index >= 15 is 0 Å². The van der Waals surface area contributed by atoms with Crippen molar-refractivity contribution >= 4 is 11.9 Å². The molecule has 5 nitrogen and oxygen atoms in total. The van der Waals surface area contributed by atoms with Crippen molar-refractivity contribution in [2.24, 2.45) is 0 Å². The fraction of sp³-hybridized carbons (Fsp3) is 0.385. The Hall–Kier alpha value is -1.95. The van der Waals surface area contributed by atoms with Crippen molar-refractivity contribution in [2.45, 2.75) is 6.54 Å². The van der Waals surface area contributed by atoms with Crippen LogP contribution in [0.15, 0.2) is 18.2 Å². The summed E-state index contributed by atoms with van der Waals surface area (Å²) in [6, 6.07) is 4.05. The van der Waals surface area contributed by atoms with Crippen LogP contribution in [0.1, 0.15) is 15.9 Å². The zero-order valence-electron chi connectivity index (χ0n) is 10.6. The number of carboxylic acids is 1. The second-order valence-corrected chi connectivity index (χ2v) is 4.65. The molecule has 1 N–H and O–H groups in total. The van der Waals surface area contributed by atoms with Gasteiger partial charge in [-0.05, 0) is 17.7 Å². The number of carbonyl (C=O) groups excluding carboxylic acids is 1. The maximum Gasteiger partial charge on any atom is 0.338 e. The predicted molar refractivity (Wildman–Crippen MR) is 66.3 cm³/mol. The van der Waals surface area contributed by atoms with E-state index in [4.69, 9.17) is 5.11 Å². The van der Waals surface area contributed by atoms with Crippen molar-refractivity contribution in [3.05, 3.63) is 35.1 Å². The first kappa shape index (κ1) is 13.5. The van der Waals surface area contributed by atoms with Crippen LogP contribution in [-0.2, 0) is 11.3 Å². The maximum absolute atomic E-state index is 13.5. The summed E-state index contributed by atoms with van der Waals surface area (Å²) in [5.41, 5.74) is 0.332. The average molecular weight is 266 g/mol. The van der Waals surface area contributed by atoms with Gasteiger partial charge in [0.25, 0.3) is 0 Å². The number of nitrogens with zero attached hydrogens (tertiary/aromatic N) is 2. The first-order chi connectivity index (χ1) is 8.97. The van der Waals surface area contributed by atoms with Gasteiger partial charge in [0, 0.05) is 26.7 Å². The van der Waals surface area contributed by atoms with Gasteiger partial charge >= 0.3 is 5.97 Å². The lowest BCUT2D eigenvalue weighted by Crippen LogP contribution is -2.47. The van der Waals surface area contributed by atoms with Gasteiger partial charge < -0.3 is 10.0 Å². The highest BCUT2D eigenvalue weighted by Gasteiger charge is 2.21. The number of piperazine rings is 1. The van der Waals surface area contributed by atoms with Gasteiger partial charge in [0.05, 0.1) is 12.1 Å². The number of benzene rings is 1. The standard InChI is InChI=1S/C13H15FN2O3/c1-15-4-5-16(8-12(15)17)7-9-2-3-10(13(18)19)11(14)6-9/h2-3,6H,4-5,7-8H2,1H3,(H,18,19). The molecule has 102 valence electrons. The second kappa shape index (κ2) is 5.36. The van der Waals surface area contributed by atoms with Crippen molar-refractivity contribution in [3.63, 3.8) is 0 Å². The molecule has 2 rings (SSSR count). The van der Waals surface area contributed by atoms with Gasteiger partial charge in [0.1, 0.15) is 5.82 Å². The van der Waals surface area contributed by atoms with Crippen molar-refractivity contribution in [1.29, 1.82) is 0 Å². The van der Waals surface area contributed by atoms with Crippen LogP contribution >= 0.6 is 0 Å². The molecule has 1 amide bonds. The summed E-state index contributed by atoms with van der Waals surface area (Å²) in [6.45, 7) is 2.12. The van der Waals surface area contributed by atoms with Crippen LogP contribution in [0.4, 0.5) is 4.39 Å². The van der Waals surface area contributed by atoms with E-state index in [9.17, 15) is 14.0 Å². The fourth-order valence-corrected chi connectivity index (χ4v) is 2.03. The first-order valence-electron chi connectivity index (χ1n) is 5.95. The monoisotopic (exact) mass is 266 g/mol. The Morgan fingerprint density at radius 3 is 2.74 bits per heavy atom. The molecule has 1 aliphatic heterocycles. The minimum Gasteiger partial charge on any atom is -0.478 e. The molecule has 0 unspecified atom stereocenters. The number of amides is 1. The van der Waals surface area contributed by atoms with Crippen LogP contribution in [-0.4, -0.2) is 53.5 Å². The number of likely N-dealkylation sites (N-methyl/N-ethyl adjacent to an activating group) is 1. The molecule has 0 aromatic heterocycles. The fourth-order valence-electron chi connectivity index (χ4n) is 2.03. The number of carbonyl (C=O) groups is 2. The van der Waals surface area contributed by atoms with E-state index in [1.54, 1.807) is 18.0 Å². The minimum atomic E-state index is -1.28. The van der Waals surface area contributed by atoms with Crippen LogP contribution in [0.25, 0.3) is 0 Å². The lowest BCUT2D eigenvalue weighted by atomic mass is 10.1. The van der Waals surface area contributed by atoms with Crippen LogP contribution in [0, 0.1) is 5.82 Å². The molecule has 1 aromatic carbocycles. The van der Waals surface area contributed by atoms with Crippen LogP contribution in [0.3, 0.4) is 0 Å². The molecule has 0 bridgehead atoms. The summed E-state index contributed by atoms with van der Waals surface area (Å²) >= 11 is 0. The van der Waals surface area contributed by atoms with Crippen molar-refractivity contribution in [3.8, 4) is 0 Å². The zero-order chi connectivity index (χ0) is 14.0. The van der Waals surface area contributed by atoms with Gasteiger partial charge in [-0.1, -0.05) is 6.07 Å². The average Bonchev–Trinajstić information content (AvgIpc) is 2.33. The topological polar surface area (TPSA) is 60.9 Å². The molecule has 19 heavy (non-hydrogen) atoms. The lowest BCUT2D eigenvalue weighted by molar-refractivity contribution is -0.134. The molecular formula is C13H15FN2O3. The van der Waals surface area contributed by atoms with Crippen molar-refractivity contribution < 1.29 is 19.1 Å². The van der Waals surface area contributed by atoms with Crippen molar-refractivity contribution in [1.82, 2.24) is 9.80 Å². The number of hydrogen-bond acceptors (Lipinski definition) is 3. The highest BCUT2D eigenvalue weighted by molar-refractivity contribution is 5.87. The normalized spacial score (nSPS) is 16.7. The quantitative estimate of drug-likeness (QED) is 0.879. The number of carboxylic acid groups (broad SMARTS) is 1. The second-order valence-electron chi connectivity index (χ2n) is 4.65. The third-order valence-electron chi connectivity index (χ3n) is 3.21. The Bertz CT molecular complexity index is 519. The third kappa shape index (κ3) is 3.08. The Labute approximate surface area is 110 Å². The summed E-state index contributed by atoms with van der Waals surface area (Å²) in [7, 11) is 1.75. The van der Waals surface area contributed by atoms with E-state index in [2.05, 4.69) is 0 Å². The van der Waals surface area contributed by atoms with Crippen LogP contribution in [0.5, 0.6) is 0 Å². The van der Waals surface area contributed by atoms with Gasteiger partial charge in [-0.15, -0.1) is 0 Å². The summed E-state index contributed by atoms with van der Waals surface area (Å²) < 4.78 is 13.5. The number of rotatable bonds is 3. The summed E-state index contributed by atoms with van der Waals surface area (Å²) in [5.74, 6) is -1.99. The highest BCUT2D eigenvalue weighted by atomic mass is 19.1. The predicted octanol–water partition coefficient (Wildman–Crippen LogP) is 0.798. The van der Waals surface area contributed by atoms with Crippen molar-refractivity contribution in [2.75, 3.05) is 26.7 Å². The Morgan fingerprint density at radius 2 is 2.16 bits per heavy atom. The Kier molecular flexibility index (Phi) is 3.80. The molecular weight excluding hydrogens is 251 g/mol. The van der Waals surface area contributed by atoms with E-state index < -0.39 is 11.8 Å². The molecule has 0 aliphatic carbocycles. The molecule has 1 heterocycles. The number of halogens is 1. The summed E-state index contributed by atoms with van der Waals surface area (Å²) in [6.07, 6.45) is 0. The summed E-state index contributed by atoms with van der Waals surface area (Å²) in [5, 5.41) is 8.74. The van der Waals surface area contributed by atoms with E-state index in [1.165, 1.54) is 12.1 Å².